The molecule has 3 atom stereocenters. The molecule has 0 bridgehead atoms. The Kier molecular flexibility index (Phi) is 5.40. The molecule has 0 aromatic heterocycles. The van der Waals surface area contributed by atoms with Crippen molar-refractivity contribution in [2.24, 2.45) is 0 Å². The molecule has 6 nitrogen and oxygen atoms in total. The summed E-state index contributed by atoms with van der Waals surface area (Å²) in [4.78, 5) is 24.1. The van der Waals surface area contributed by atoms with E-state index < -0.39 is 24.1 Å². The minimum absolute atomic E-state index is 0.0182. The molecule has 0 aromatic rings. The van der Waals surface area contributed by atoms with Crippen LogP contribution >= 0.6 is 0 Å². The van der Waals surface area contributed by atoms with Gasteiger partial charge in [-0.05, 0) is 13.3 Å². The van der Waals surface area contributed by atoms with Crippen molar-refractivity contribution >= 4 is 12.0 Å². The summed E-state index contributed by atoms with van der Waals surface area (Å²) in [5, 5.41) is 21.2. The van der Waals surface area contributed by atoms with Crippen LogP contribution in [0.4, 0.5) is 4.79 Å². The number of aliphatic hydroxyl groups excluding tert-OH is 1. The summed E-state index contributed by atoms with van der Waals surface area (Å²) in [6.45, 7) is 4.06. The first kappa shape index (κ1) is 14.8. The summed E-state index contributed by atoms with van der Waals surface area (Å²) in [5.41, 5.74) is 0. The molecule has 1 heterocycles. The first-order valence-electron chi connectivity index (χ1n) is 6.43. The molecule has 1 aliphatic rings. The van der Waals surface area contributed by atoms with Gasteiger partial charge >= 0.3 is 12.0 Å². The summed E-state index contributed by atoms with van der Waals surface area (Å²) >= 11 is 0. The van der Waals surface area contributed by atoms with Crippen molar-refractivity contribution < 1.29 is 19.8 Å². The topological polar surface area (TPSA) is 89.9 Å². The number of carbonyl (C=O) groups is 2. The number of carboxylic acid groups (broad SMARTS) is 1. The molecule has 18 heavy (non-hydrogen) atoms. The van der Waals surface area contributed by atoms with E-state index in [9.17, 15) is 14.7 Å². The predicted molar refractivity (Wildman–Crippen MR) is 66.3 cm³/mol. The van der Waals surface area contributed by atoms with E-state index in [1.165, 1.54) is 4.90 Å². The van der Waals surface area contributed by atoms with Gasteiger partial charge in [0.1, 0.15) is 6.04 Å². The Hall–Kier alpha value is -1.30. The standard InChI is InChI=1S/C12H22N2O4/c1-3-4-5-8(2)13-12(18)14-7-9(15)6-10(14)11(16)17/h8-10,15H,3-7H2,1-2H3,(H,13,18)(H,16,17)/t8?,9-,10-/m1/s1. The molecule has 1 rings (SSSR count). The predicted octanol–water partition coefficient (Wildman–Crippen LogP) is 0.794. The number of hydrogen-bond donors (Lipinski definition) is 3. The van der Waals surface area contributed by atoms with Gasteiger partial charge < -0.3 is 20.4 Å². The third-order valence-corrected chi connectivity index (χ3v) is 3.19. The van der Waals surface area contributed by atoms with Crippen LogP contribution in [0.2, 0.25) is 0 Å². The Morgan fingerprint density at radius 1 is 1.50 bits per heavy atom. The molecular formula is C12H22N2O4. The molecule has 6 heteroatoms. The number of carbonyl (C=O) groups excluding carboxylic acids is 1. The summed E-state index contributed by atoms with van der Waals surface area (Å²) in [7, 11) is 0. The molecular weight excluding hydrogens is 236 g/mol. The number of urea groups is 1. The number of nitrogens with one attached hydrogen (secondary N) is 1. The second kappa shape index (κ2) is 6.58. The maximum absolute atomic E-state index is 11.9. The van der Waals surface area contributed by atoms with Crippen molar-refractivity contribution in [3.05, 3.63) is 0 Å². The van der Waals surface area contributed by atoms with E-state index in [0.717, 1.165) is 19.3 Å². The summed E-state index contributed by atoms with van der Waals surface area (Å²) < 4.78 is 0. The van der Waals surface area contributed by atoms with Gasteiger partial charge in [-0.25, -0.2) is 9.59 Å². The van der Waals surface area contributed by atoms with Crippen LogP contribution in [-0.2, 0) is 4.79 Å². The molecule has 1 aliphatic heterocycles. The smallest absolute Gasteiger partial charge is 0.326 e. The highest BCUT2D eigenvalue weighted by molar-refractivity contribution is 5.83. The highest BCUT2D eigenvalue weighted by atomic mass is 16.4. The van der Waals surface area contributed by atoms with Crippen LogP contribution in [0.5, 0.6) is 0 Å². The van der Waals surface area contributed by atoms with Gasteiger partial charge in [0.05, 0.1) is 6.10 Å². The van der Waals surface area contributed by atoms with Crippen LogP contribution in [0, 0.1) is 0 Å². The molecule has 0 radical (unpaired) electrons. The average molecular weight is 258 g/mol. The molecule has 0 spiro atoms. The van der Waals surface area contributed by atoms with Crippen LogP contribution in [0.15, 0.2) is 0 Å². The van der Waals surface area contributed by atoms with Gasteiger partial charge in [-0.15, -0.1) is 0 Å². The van der Waals surface area contributed by atoms with Crippen LogP contribution in [0.25, 0.3) is 0 Å². The van der Waals surface area contributed by atoms with Crippen molar-refractivity contribution in [3.63, 3.8) is 0 Å². The lowest BCUT2D eigenvalue weighted by Crippen LogP contribution is -2.48. The number of amides is 2. The molecule has 0 aliphatic carbocycles. The zero-order valence-electron chi connectivity index (χ0n) is 10.9. The minimum atomic E-state index is -1.07. The largest absolute Gasteiger partial charge is 0.480 e. The Balaban J connectivity index is 2.52. The molecule has 1 saturated heterocycles. The second-order valence-electron chi connectivity index (χ2n) is 4.89. The average Bonchev–Trinajstić information content (AvgIpc) is 2.69. The number of hydrogen-bond acceptors (Lipinski definition) is 3. The molecule has 0 saturated carbocycles. The van der Waals surface area contributed by atoms with Crippen molar-refractivity contribution in [2.45, 2.75) is 57.7 Å². The van der Waals surface area contributed by atoms with E-state index in [2.05, 4.69) is 12.2 Å². The molecule has 104 valence electrons. The zero-order chi connectivity index (χ0) is 13.7. The first-order chi connectivity index (χ1) is 8.45. The third-order valence-electron chi connectivity index (χ3n) is 3.19. The Morgan fingerprint density at radius 3 is 2.72 bits per heavy atom. The summed E-state index contributed by atoms with van der Waals surface area (Å²) in [6.07, 6.45) is 2.30. The Labute approximate surface area is 107 Å². The number of β-amino-alcohol motifs (C(OH)–C–C–N with tert-alkyl or cyclic N) is 1. The number of carboxylic acids is 1. The first-order valence-corrected chi connectivity index (χ1v) is 6.43. The van der Waals surface area contributed by atoms with E-state index in [1.54, 1.807) is 0 Å². The van der Waals surface area contributed by atoms with E-state index in [-0.39, 0.29) is 19.0 Å². The van der Waals surface area contributed by atoms with Crippen LogP contribution in [0.1, 0.15) is 39.5 Å². The third kappa shape index (κ3) is 3.87. The highest BCUT2D eigenvalue weighted by Crippen LogP contribution is 2.18. The zero-order valence-corrected chi connectivity index (χ0v) is 10.9. The van der Waals surface area contributed by atoms with Crippen LogP contribution < -0.4 is 5.32 Å². The number of unbranched alkanes of at least 4 members (excludes halogenated alkanes) is 1. The van der Waals surface area contributed by atoms with Gasteiger partial charge in [0.2, 0.25) is 0 Å². The lowest BCUT2D eigenvalue weighted by Gasteiger charge is -2.24. The van der Waals surface area contributed by atoms with Gasteiger partial charge in [-0.1, -0.05) is 19.8 Å². The van der Waals surface area contributed by atoms with Gasteiger partial charge in [-0.2, -0.15) is 0 Å². The Bertz CT molecular complexity index is 308. The number of aliphatic carboxylic acids is 1. The van der Waals surface area contributed by atoms with Crippen molar-refractivity contribution in [1.82, 2.24) is 10.2 Å². The maximum Gasteiger partial charge on any atom is 0.326 e. The molecule has 0 aromatic carbocycles. The lowest BCUT2D eigenvalue weighted by molar-refractivity contribution is -0.141. The van der Waals surface area contributed by atoms with Gasteiger partial charge in [0.25, 0.3) is 0 Å². The van der Waals surface area contributed by atoms with Crippen molar-refractivity contribution in [1.29, 1.82) is 0 Å². The highest BCUT2D eigenvalue weighted by Gasteiger charge is 2.39. The Morgan fingerprint density at radius 2 is 2.17 bits per heavy atom. The van der Waals surface area contributed by atoms with Crippen LogP contribution in [-0.4, -0.2) is 51.8 Å². The van der Waals surface area contributed by atoms with E-state index in [4.69, 9.17) is 5.11 Å². The van der Waals surface area contributed by atoms with Crippen LogP contribution in [0.3, 0.4) is 0 Å². The monoisotopic (exact) mass is 258 g/mol. The molecule has 3 N–H and O–H groups in total. The van der Waals surface area contributed by atoms with Crippen molar-refractivity contribution in [2.75, 3.05) is 6.54 Å². The lowest BCUT2D eigenvalue weighted by atomic mass is 10.1. The number of aliphatic hydroxyl groups is 1. The van der Waals surface area contributed by atoms with E-state index in [0.29, 0.717) is 0 Å². The van der Waals surface area contributed by atoms with E-state index in [1.807, 2.05) is 6.92 Å². The summed E-state index contributed by atoms with van der Waals surface area (Å²) in [6, 6.07) is -1.30. The number of likely N-dealkylation sites (tertiary alicyclic amines) is 1. The fourth-order valence-corrected chi connectivity index (χ4v) is 2.15. The fourth-order valence-electron chi connectivity index (χ4n) is 2.15. The SMILES string of the molecule is CCCCC(C)NC(=O)N1C[C@H](O)C[C@@H]1C(=O)O. The van der Waals surface area contributed by atoms with Gasteiger partial charge in [0.15, 0.2) is 0 Å². The maximum atomic E-state index is 11.9. The number of nitrogens with zero attached hydrogens (tertiary/aromatic N) is 1. The molecule has 1 unspecified atom stereocenters. The second-order valence-corrected chi connectivity index (χ2v) is 4.89. The number of rotatable bonds is 5. The quantitative estimate of drug-likeness (QED) is 0.680. The minimum Gasteiger partial charge on any atom is -0.480 e. The summed E-state index contributed by atoms with van der Waals surface area (Å²) in [5.74, 6) is -1.07. The molecule has 2 amide bonds. The molecule has 1 fully saturated rings. The van der Waals surface area contributed by atoms with Crippen molar-refractivity contribution in [3.8, 4) is 0 Å². The van der Waals surface area contributed by atoms with Gasteiger partial charge in [-0.3, -0.25) is 0 Å². The normalized spacial score (nSPS) is 24.9. The fraction of sp³-hybridized carbons (Fsp3) is 0.833. The van der Waals surface area contributed by atoms with Gasteiger partial charge in [0, 0.05) is 19.0 Å². The van der Waals surface area contributed by atoms with E-state index >= 15 is 0 Å².